The van der Waals surface area contributed by atoms with E-state index in [1.807, 2.05) is 24.4 Å². The van der Waals surface area contributed by atoms with Crippen molar-refractivity contribution >= 4 is 39.6 Å². The molecule has 27 heavy (non-hydrogen) atoms. The lowest BCUT2D eigenvalue weighted by Gasteiger charge is -2.26. The average Bonchev–Trinajstić information content (AvgIpc) is 3.23. The molecule has 5 nitrogen and oxygen atoms in total. The van der Waals surface area contributed by atoms with Gasteiger partial charge in [0.05, 0.1) is 19.7 Å². The molecule has 3 heterocycles. The van der Waals surface area contributed by atoms with Crippen LogP contribution in [0.4, 0.5) is 5.00 Å². The number of likely N-dealkylation sites (tertiary alicyclic amines) is 1. The van der Waals surface area contributed by atoms with Gasteiger partial charge in [-0.15, -0.1) is 22.7 Å². The van der Waals surface area contributed by atoms with Crippen LogP contribution in [0.1, 0.15) is 41.9 Å². The minimum Gasteiger partial charge on any atom is -0.462 e. The Labute approximate surface area is 168 Å². The van der Waals surface area contributed by atoms with Gasteiger partial charge in [0.25, 0.3) is 5.91 Å². The monoisotopic (exact) mass is 407 g/mol. The van der Waals surface area contributed by atoms with E-state index in [1.165, 1.54) is 21.1 Å². The van der Waals surface area contributed by atoms with Crippen molar-refractivity contribution in [3.8, 4) is 10.4 Å². The maximum atomic E-state index is 12.6. The number of hydrogen-bond acceptors (Lipinski definition) is 5. The second-order valence-electron chi connectivity index (χ2n) is 7.14. The molecule has 1 amide bonds. The molecule has 0 aromatic carbocycles. The summed E-state index contributed by atoms with van der Waals surface area (Å²) >= 11 is 3.02. The van der Waals surface area contributed by atoms with Gasteiger partial charge < -0.3 is 15.0 Å². The first kappa shape index (κ1) is 20.0. The summed E-state index contributed by atoms with van der Waals surface area (Å²) in [5.41, 5.74) is 1.31. The van der Waals surface area contributed by atoms with Crippen molar-refractivity contribution in [2.45, 2.75) is 33.6 Å². The molecule has 0 unspecified atom stereocenters. The topological polar surface area (TPSA) is 59.8 Å². The molecule has 2 aromatic rings. The number of aryl methyl sites for hydroxylation is 1. The number of nitrogens with one attached hydrogen (secondary N) is 2. The summed E-state index contributed by atoms with van der Waals surface area (Å²) in [5.74, 6) is 0.330. The van der Waals surface area contributed by atoms with Gasteiger partial charge in [-0.1, -0.05) is 6.92 Å². The smallest absolute Gasteiger partial charge is 0.341 e. The number of piperidine rings is 1. The summed E-state index contributed by atoms with van der Waals surface area (Å²) in [6.07, 6.45) is 2.33. The number of amides is 1. The van der Waals surface area contributed by atoms with Gasteiger partial charge >= 0.3 is 5.97 Å². The van der Waals surface area contributed by atoms with Crippen molar-refractivity contribution in [1.29, 1.82) is 0 Å². The van der Waals surface area contributed by atoms with Crippen molar-refractivity contribution in [3.63, 3.8) is 0 Å². The Hall–Kier alpha value is -1.70. The van der Waals surface area contributed by atoms with E-state index in [0.717, 1.165) is 42.3 Å². The van der Waals surface area contributed by atoms with Crippen LogP contribution in [0, 0.1) is 12.8 Å². The number of anilines is 1. The fourth-order valence-corrected chi connectivity index (χ4v) is 5.29. The Kier molecular flexibility index (Phi) is 6.68. The number of rotatable bonds is 6. The summed E-state index contributed by atoms with van der Waals surface area (Å²) in [4.78, 5) is 28.6. The lowest BCUT2D eigenvalue weighted by Crippen LogP contribution is -3.14. The molecule has 0 saturated carbocycles. The van der Waals surface area contributed by atoms with Crippen LogP contribution < -0.4 is 10.2 Å². The zero-order valence-electron chi connectivity index (χ0n) is 16.1. The highest BCUT2D eigenvalue weighted by atomic mass is 32.1. The van der Waals surface area contributed by atoms with Crippen LogP contribution >= 0.6 is 22.7 Å². The molecule has 0 atom stereocenters. The molecular formula is C20H27N2O3S2+. The molecule has 1 aliphatic heterocycles. The Bertz CT molecular complexity index is 804. The van der Waals surface area contributed by atoms with Crippen LogP contribution in [0.2, 0.25) is 0 Å². The number of esters is 1. The zero-order valence-corrected chi connectivity index (χ0v) is 17.7. The molecule has 3 rings (SSSR count). The molecule has 0 aliphatic carbocycles. The summed E-state index contributed by atoms with van der Waals surface area (Å²) in [6.45, 7) is 8.91. The number of ether oxygens (including phenoxy) is 1. The van der Waals surface area contributed by atoms with E-state index in [1.54, 1.807) is 18.3 Å². The third-order valence-electron chi connectivity index (χ3n) is 4.92. The molecule has 1 saturated heterocycles. The van der Waals surface area contributed by atoms with Crippen molar-refractivity contribution in [1.82, 2.24) is 0 Å². The second-order valence-corrected chi connectivity index (χ2v) is 9.31. The molecule has 0 bridgehead atoms. The first-order valence-corrected chi connectivity index (χ1v) is 11.2. The maximum Gasteiger partial charge on any atom is 0.341 e. The largest absolute Gasteiger partial charge is 0.462 e. The third kappa shape index (κ3) is 4.97. The standard InChI is InChI=1S/C20H26N2O3S2/c1-4-25-20(24)18-15(16-6-5-14(3)27-16)12-26-19(18)21-17(23)11-22-9-7-13(2)8-10-22/h5-6,12-13H,4,7-11H2,1-3H3,(H,21,23)/p+1. The summed E-state index contributed by atoms with van der Waals surface area (Å²) < 4.78 is 5.26. The van der Waals surface area contributed by atoms with Gasteiger partial charge in [0.15, 0.2) is 6.54 Å². The van der Waals surface area contributed by atoms with Crippen LogP contribution in [0.25, 0.3) is 10.4 Å². The van der Waals surface area contributed by atoms with Gasteiger partial charge in [-0.2, -0.15) is 0 Å². The molecule has 0 radical (unpaired) electrons. The van der Waals surface area contributed by atoms with E-state index in [-0.39, 0.29) is 11.9 Å². The number of carbonyl (C=O) groups excluding carboxylic acids is 2. The molecule has 1 aliphatic rings. The van der Waals surface area contributed by atoms with Crippen LogP contribution in [-0.4, -0.2) is 38.1 Å². The lowest BCUT2D eigenvalue weighted by atomic mass is 9.99. The summed E-state index contributed by atoms with van der Waals surface area (Å²) in [7, 11) is 0. The van der Waals surface area contributed by atoms with Crippen molar-refractivity contribution in [2.75, 3.05) is 31.6 Å². The van der Waals surface area contributed by atoms with E-state index in [0.29, 0.717) is 23.7 Å². The van der Waals surface area contributed by atoms with Gasteiger partial charge in [-0.3, -0.25) is 4.79 Å². The van der Waals surface area contributed by atoms with Crippen molar-refractivity contribution < 1.29 is 19.2 Å². The number of thiophene rings is 2. The lowest BCUT2D eigenvalue weighted by molar-refractivity contribution is -0.897. The van der Waals surface area contributed by atoms with E-state index in [4.69, 9.17) is 4.74 Å². The van der Waals surface area contributed by atoms with E-state index in [2.05, 4.69) is 12.2 Å². The van der Waals surface area contributed by atoms with Gasteiger partial charge in [0.2, 0.25) is 0 Å². The first-order chi connectivity index (χ1) is 13.0. The Balaban J connectivity index is 1.77. The Morgan fingerprint density at radius 2 is 2.04 bits per heavy atom. The van der Waals surface area contributed by atoms with Crippen LogP contribution in [0.5, 0.6) is 0 Å². The van der Waals surface area contributed by atoms with E-state index >= 15 is 0 Å². The quantitative estimate of drug-likeness (QED) is 0.723. The highest BCUT2D eigenvalue weighted by molar-refractivity contribution is 7.17. The molecule has 2 aromatic heterocycles. The predicted molar refractivity (Wildman–Crippen MR) is 111 cm³/mol. The maximum absolute atomic E-state index is 12.6. The van der Waals surface area contributed by atoms with E-state index in [9.17, 15) is 9.59 Å². The third-order valence-corrected chi connectivity index (χ3v) is 6.85. The van der Waals surface area contributed by atoms with E-state index < -0.39 is 0 Å². The number of carbonyl (C=O) groups is 2. The number of quaternary nitrogens is 1. The fourth-order valence-electron chi connectivity index (χ4n) is 3.36. The minimum absolute atomic E-state index is 0.0409. The molecular weight excluding hydrogens is 380 g/mol. The predicted octanol–water partition coefficient (Wildman–Crippen LogP) is 3.22. The minimum atomic E-state index is -0.380. The molecule has 7 heteroatoms. The normalized spacial score (nSPS) is 19.7. The molecule has 0 spiro atoms. The van der Waals surface area contributed by atoms with Crippen molar-refractivity contribution in [3.05, 3.63) is 28.0 Å². The highest BCUT2D eigenvalue weighted by Gasteiger charge is 2.26. The molecule has 2 N–H and O–H groups in total. The zero-order chi connectivity index (χ0) is 19.4. The van der Waals surface area contributed by atoms with Gasteiger partial charge in [0.1, 0.15) is 10.6 Å². The summed E-state index contributed by atoms with van der Waals surface area (Å²) in [5, 5.41) is 5.49. The van der Waals surface area contributed by atoms with Crippen LogP contribution in [0.3, 0.4) is 0 Å². The summed E-state index contributed by atoms with van der Waals surface area (Å²) in [6, 6.07) is 4.04. The van der Waals surface area contributed by atoms with Crippen molar-refractivity contribution in [2.24, 2.45) is 5.92 Å². The Morgan fingerprint density at radius 1 is 1.30 bits per heavy atom. The fraction of sp³-hybridized carbons (Fsp3) is 0.500. The van der Waals surface area contributed by atoms with Crippen LogP contribution in [-0.2, 0) is 9.53 Å². The number of hydrogen-bond donors (Lipinski definition) is 2. The molecule has 1 fully saturated rings. The molecule has 146 valence electrons. The first-order valence-electron chi connectivity index (χ1n) is 9.46. The van der Waals surface area contributed by atoms with Gasteiger partial charge in [0, 0.05) is 20.7 Å². The highest BCUT2D eigenvalue weighted by Crippen LogP contribution is 2.39. The average molecular weight is 408 g/mol. The SMILES string of the molecule is CCOC(=O)c1c(-c2ccc(C)s2)csc1NC(=O)C[NH+]1CCC(C)CC1. The van der Waals surface area contributed by atoms with Crippen LogP contribution in [0.15, 0.2) is 17.5 Å². The Morgan fingerprint density at radius 3 is 2.67 bits per heavy atom. The second kappa shape index (κ2) is 8.99. The van der Waals surface area contributed by atoms with Gasteiger partial charge in [-0.25, -0.2) is 4.79 Å². The van der Waals surface area contributed by atoms with Gasteiger partial charge in [-0.05, 0) is 44.7 Å².